The molecule has 0 aromatic heterocycles. The number of aliphatic hydroxyl groups is 3. The summed E-state index contributed by atoms with van der Waals surface area (Å²) in [5.74, 6) is -0.372. The Balaban J connectivity index is 1.51. The summed E-state index contributed by atoms with van der Waals surface area (Å²) in [5.41, 5.74) is 1.08. The Morgan fingerprint density at radius 2 is 1.87 bits per heavy atom. The average molecular weight is 321 g/mol. The number of piperidine rings is 1. The molecule has 2 heterocycles. The van der Waals surface area contributed by atoms with Gasteiger partial charge in [-0.25, -0.2) is 0 Å². The van der Waals surface area contributed by atoms with Gasteiger partial charge in [0.2, 0.25) is 5.91 Å². The highest BCUT2D eigenvalue weighted by Crippen LogP contribution is 2.33. The van der Waals surface area contributed by atoms with Gasteiger partial charge in [-0.1, -0.05) is 30.3 Å². The van der Waals surface area contributed by atoms with E-state index in [9.17, 15) is 20.1 Å². The van der Waals surface area contributed by atoms with Crippen LogP contribution in [0.25, 0.3) is 0 Å². The molecular formula is C17H23NO5. The van der Waals surface area contributed by atoms with E-state index in [-0.39, 0.29) is 24.8 Å². The van der Waals surface area contributed by atoms with Gasteiger partial charge in [-0.05, 0) is 17.9 Å². The van der Waals surface area contributed by atoms with E-state index in [0.29, 0.717) is 19.6 Å². The van der Waals surface area contributed by atoms with Crippen LogP contribution in [0.15, 0.2) is 30.3 Å². The highest BCUT2D eigenvalue weighted by atomic mass is 16.5. The third-order valence-corrected chi connectivity index (χ3v) is 4.82. The van der Waals surface area contributed by atoms with Gasteiger partial charge in [0.1, 0.15) is 6.10 Å². The van der Waals surface area contributed by atoms with Crippen molar-refractivity contribution in [3.05, 3.63) is 35.9 Å². The number of carbonyl (C=O) groups excluding carboxylic acids is 1. The number of ether oxygens (including phenoxy) is 1. The molecule has 0 aliphatic carbocycles. The van der Waals surface area contributed by atoms with Crippen molar-refractivity contribution >= 4 is 5.91 Å². The van der Waals surface area contributed by atoms with E-state index >= 15 is 0 Å². The van der Waals surface area contributed by atoms with Gasteiger partial charge in [-0.3, -0.25) is 4.79 Å². The summed E-state index contributed by atoms with van der Waals surface area (Å²) >= 11 is 0. The molecule has 6 heteroatoms. The first-order valence-electron chi connectivity index (χ1n) is 8.03. The first-order valence-corrected chi connectivity index (χ1v) is 8.03. The molecule has 2 saturated heterocycles. The van der Waals surface area contributed by atoms with Crippen LogP contribution >= 0.6 is 0 Å². The van der Waals surface area contributed by atoms with Crippen molar-refractivity contribution in [3.63, 3.8) is 0 Å². The molecule has 1 amide bonds. The molecule has 0 unspecified atom stereocenters. The summed E-state index contributed by atoms with van der Waals surface area (Å²) in [7, 11) is 0. The monoisotopic (exact) mass is 321 g/mol. The minimum atomic E-state index is -1.08. The molecule has 126 valence electrons. The highest BCUT2D eigenvalue weighted by molar-refractivity contribution is 5.78. The molecule has 1 aromatic carbocycles. The number of carbonyl (C=O) groups is 1. The van der Waals surface area contributed by atoms with Crippen LogP contribution in [0.2, 0.25) is 0 Å². The Bertz CT molecular complexity index is 537. The number of hydrogen-bond acceptors (Lipinski definition) is 5. The fourth-order valence-electron chi connectivity index (χ4n) is 3.51. The Hall–Kier alpha value is -1.47. The van der Waals surface area contributed by atoms with Gasteiger partial charge in [0, 0.05) is 19.6 Å². The number of hydrogen-bond donors (Lipinski definition) is 3. The van der Waals surface area contributed by atoms with Crippen LogP contribution in [0.1, 0.15) is 18.4 Å². The fourth-order valence-corrected chi connectivity index (χ4v) is 3.51. The molecule has 2 aliphatic heterocycles. The number of aliphatic hydroxyl groups excluding tert-OH is 3. The lowest BCUT2D eigenvalue weighted by molar-refractivity contribution is -0.147. The third kappa shape index (κ3) is 3.40. The van der Waals surface area contributed by atoms with Gasteiger partial charge in [0.15, 0.2) is 0 Å². The lowest BCUT2D eigenvalue weighted by Gasteiger charge is -2.39. The molecule has 0 bridgehead atoms. The number of nitrogens with zero attached hydrogens (tertiary/aromatic N) is 1. The Morgan fingerprint density at radius 3 is 2.61 bits per heavy atom. The summed E-state index contributed by atoms with van der Waals surface area (Å²) in [6, 6.07) is 9.10. The zero-order valence-corrected chi connectivity index (χ0v) is 12.9. The summed E-state index contributed by atoms with van der Waals surface area (Å²) in [4.78, 5) is 13.5. The largest absolute Gasteiger partial charge is 0.391 e. The lowest BCUT2D eigenvalue weighted by Crippen LogP contribution is -2.55. The molecule has 6 nitrogen and oxygen atoms in total. The van der Waals surface area contributed by atoms with E-state index in [4.69, 9.17) is 4.74 Å². The van der Waals surface area contributed by atoms with Crippen molar-refractivity contribution in [3.8, 4) is 0 Å². The molecule has 5 atom stereocenters. The molecule has 2 aliphatic rings. The van der Waals surface area contributed by atoms with Crippen LogP contribution < -0.4 is 0 Å². The summed E-state index contributed by atoms with van der Waals surface area (Å²) in [5, 5.41) is 30.1. The van der Waals surface area contributed by atoms with E-state index in [1.54, 1.807) is 0 Å². The number of fused-ring (bicyclic) bond motifs is 1. The maximum Gasteiger partial charge on any atom is 0.223 e. The topological polar surface area (TPSA) is 90.2 Å². The quantitative estimate of drug-likeness (QED) is 0.659. The molecule has 0 saturated carbocycles. The molecular weight excluding hydrogens is 298 g/mol. The second-order valence-electron chi connectivity index (χ2n) is 6.38. The number of benzene rings is 1. The lowest BCUT2D eigenvalue weighted by atomic mass is 9.84. The predicted octanol–water partition coefficient (Wildman–Crippen LogP) is -0.0933. The zero-order valence-electron chi connectivity index (χ0n) is 12.9. The molecule has 0 radical (unpaired) electrons. The van der Waals surface area contributed by atoms with E-state index in [2.05, 4.69) is 0 Å². The van der Waals surface area contributed by atoms with Gasteiger partial charge in [-0.15, -0.1) is 0 Å². The second kappa shape index (κ2) is 6.97. The van der Waals surface area contributed by atoms with Crippen molar-refractivity contribution in [1.29, 1.82) is 0 Å². The molecule has 2 fully saturated rings. The van der Waals surface area contributed by atoms with E-state index in [1.807, 2.05) is 30.3 Å². The molecule has 0 spiro atoms. The van der Waals surface area contributed by atoms with Crippen molar-refractivity contribution in [2.75, 3.05) is 13.2 Å². The molecule has 23 heavy (non-hydrogen) atoms. The van der Waals surface area contributed by atoms with Gasteiger partial charge < -0.3 is 25.0 Å². The summed E-state index contributed by atoms with van der Waals surface area (Å²) < 4.78 is 5.62. The highest BCUT2D eigenvalue weighted by Gasteiger charge is 2.51. The maximum absolute atomic E-state index is 12.1. The average Bonchev–Trinajstić information content (AvgIpc) is 2.86. The number of amides is 1. The third-order valence-electron chi connectivity index (χ3n) is 4.82. The Morgan fingerprint density at radius 1 is 1.13 bits per heavy atom. The smallest absolute Gasteiger partial charge is 0.223 e. The first-order chi connectivity index (χ1) is 11.1. The van der Waals surface area contributed by atoms with Gasteiger partial charge in [-0.2, -0.15) is 0 Å². The normalized spacial score (nSPS) is 33.8. The molecule has 3 rings (SSSR count). The summed E-state index contributed by atoms with van der Waals surface area (Å²) in [6.07, 6.45) is -2.12. The van der Waals surface area contributed by atoms with Gasteiger partial charge in [0.25, 0.3) is 0 Å². The minimum absolute atomic E-state index is 0.0962. The second-order valence-corrected chi connectivity index (χ2v) is 6.38. The van der Waals surface area contributed by atoms with Crippen LogP contribution in [0.3, 0.4) is 0 Å². The maximum atomic E-state index is 12.1. The van der Waals surface area contributed by atoms with Crippen LogP contribution in [0, 0.1) is 5.92 Å². The SMILES string of the molecule is O=C1C[C@@H](CCOCc2ccccc2)[C@@H](O)[C@@H]2[C@H](O)[C@H](O)CN12. The van der Waals surface area contributed by atoms with Crippen LogP contribution in [-0.4, -0.2) is 63.6 Å². The van der Waals surface area contributed by atoms with Gasteiger partial charge >= 0.3 is 0 Å². The standard InChI is InChI=1S/C17H23NO5/c19-13-9-18-14(20)8-12(16(21)15(18)17(13)22)6-7-23-10-11-4-2-1-3-5-11/h1-5,12-13,15-17,19,21-22H,6-10H2/t12-,13-,15-,16-,17-/m1/s1. The first kappa shape index (κ1) is 16.4. The summed E-state index contributed by atoms with van der Waals surface area (Å²) in [6.45, 7) is 1.03. The van der Waals surface area contributed by atoms with Crippen LogP contribution in [0.4, 0.5) is 0 Å². The minimum Gasteiger partial charge on any atom is -0.391 e. The Labute approximate surface area is 135 Å². The molecule has 3 N–H and O–H groups in total. The van der Waals surface area contributed by atoms with Gasteiger partial charge in [0.05, 0.1) is 24.9 Å². The van der Waals surface area contributed by atoms with Crippen molar-refractivity contribution in [2.24, 2.45) is 5.92 Å². The van der Waals surface area contributed by atoms with E-state index < -0.39 is 24.4 Å². The van der Waals surface area contributed by atoms with Crippen LogP contribution in [-0.2, 0) is 16.1 Å². The van der Waals surface area contributed by atoms with Crippen molar-refractivity contribution in [1.82, 2.24) is 4.90 Å². The van der Waals surface area contributed by atoms with E-state index in [1.165, 1.54) is 4.90 Å². The molecule has 1 aromatic rings. The van der Waals surface area contributed by atoms with Crippen molar-refractivity contribution in [2.45, 2.75) is 43.8 Å². The number of rotatable bonds is 5. The fraction of sp³-hybridized carbons (Fsp3) is 0.588. The van der Waals surface area contributed by atoms with E-state index in [0.717, 1.165) is 5.56 Å². The van der Waals surface area contributed by atoms with Crippen molar-refractivity contribution < 1.29 is 24.9 Å². The zero-order chi connectivity index (χ0) is 16.4. The Kier molecular flexibility index (Phi) is 4.96. The van der Waals surface area contributed by atoms with Crippen LogP contribution in [0.5, 0.6) is 0 Å². The predicted molar refractivity (Wildman–Crippen MR) is 82.3 cm³/mol.